The van der Waals surface area contributed by atoms with Gasteiger partial charge in [-0.2, -0.15) is 8.42 Å². The SMILES string of the molecule is C[C@H](CCCCS(=O)(=O)O)c1cccc2ccccc12. The minimum Gasteiger partial charge on any atom is -0.286 e. The van der Waals surface area contributed by atoms with Crippen LogP contribution in [0.25, 0.3) is 10.8 Å². The van der Waals surface area contributed by atoms with E-state index >= 15 is 0 Å². The molecule has 0 amide bonds. The first-order valence-electron chi connectivity index (χ1n) is 6.90. The summed E-state index contributed by atoms with van der Waals surface area (Å²) in [6.07, 6.45) is 2.22. The fraction of sp³-hybridized carbons (Fsp3) is 0.375. The lowest BCUT2D eigenvalue weighted by molar-refractivity contribution is 0.478. The normalized spacial score (nSPS) is 13.5. The first-order valence-corrected chi connectivity index (χ1v) is 8.51. The molecule has 2 aromatic carbocycles. The molecular formula is C16H20O3S. The second kappa shape index (κ2) is 6.37. The summed E-state index contributed by atoms with van der Waals surface area (Å²) in [6.45, 7) is 2.16. The van der Waals surface area contributed by atoms with Crippen molar-refractivity contribution in [3.63, 3.8) is 0 Å². The van der Waals surface area contributed by atoms with Gasteiger partial charge in [-0.1, -0.05) is 55.8 Å². The van der Waals surface area contributed by atoms with E-state index in [-0.39, 0.29) is 5.75 Å². The summed E-state index contributed by atoms with van der Waals surface area (Å²) in [7, 11) is -3.82. The number of hydrogen-bond acceptors (Lipinski definition) is 2. The van der Waals surface area contributed by atoms with Crippen molar-refractivity contribution in [1.82, 2.24) is 0 Å². The summed E-state index contributed by atoms with van der Waals surface area (Å²) < 4.78 is 30.1. The summed E-state index contributed by atoms with van der Waals surface area (Å²) >= 11 is 0. The molecule has 0 aromatic heterocycles. The van der Waals surface area contributed by atoms with Gasteiger partial charge >= 0.3 is 0 Å². The Labute approximate surface area is 120 Å². The Morgan fingerprint density at radius 3 is 2.50 bits per heavy atom. The minimum absolute atomic E-state index is 0.144. The Hall–Kier alpha value is -1.39. The highest BCUT2D eigenvalue weighted by molar-refractivity contribution is 7.85. The summed E-state index contributed by atoms with van der Waals surface area (Å²) in [5, 5.41) is 2.49. The maximum Gasteiger partial charge on any atom is 0.264 e. The highest BCUT2D eigenvalue weighted by atomic mass is 32.2. The van der Waals surface area contributed by atoms with E-state index in [0.717, 1.165) is 12.8 Å². The van der Waals surface area contributed by atoms with Gasteiger partial charge in [0.05, 0.1) is 5.75 Å². The molecule has 2 rings (SSSR count). The quantitative estimate of drug-likeness (QED) is 0.646. The molecule has 4 heteroatoms. The number of rotatable bonds is 6. The van der Waals surface area contributed by atoms with Crippen LogP contribution in [-0.4, -0.2) is 18.7 Å². The second-order valence-corrected chi connectivity index (χ2v) is 6.82. The molecule has 0 saturated carbocycles. The number of benzene rings is 2. The van der Waals surface area contributed by atoms with Crippen LogP contribution in [-0.2, 0) is 10.1 Å². The molecule has 3 nitrogen and oxygen atoms in total. The fourth-order valence-corrected chi connectivity index (χ4v) is 3.14. The zero-order valence-electron chi connectivity index (χ0n) is 11.6. The highest BCUT2D eigenvalue weighted by Gasteiger charge is 2.10. The van der Waals surface area contributed by atoms with Crippen molar-refractivity contribution in [3.8, 4) is 0 Å². The minimum atomic E-state index is -3.82. The lowest BCUT2D eigenvalue weighted by atomic mass is 9.91. The fourth-order valence-electron chi connectivity index (χ4n) is 2.57. The third kappa shape index (κ3) is 4.05. The molecule has 1 atom stereocenters. The summed E-state index contributed by atoms with van der Waals surface area (Å²) in [5.41, 5.74) is 1.30. The Morgan fingerprint density at radius 1 is 1.05 bits per heavy atom. The third-order valence-corrected chi connectivity index (χ3v) is 4.45. The molecule has 0 radical (unpaired) electrons. The average molecular weight is 292 g/mol. The van der Waals surface area contributed by atoms with Crippen LogP contribution in [0.15, 0.2) is 42.5 Å². The average Bonchev–Trinajstić information content (AvgIpc) is 2.41. The Balaban J connectivity index is 2.03. The summed E-state index contributed by atoms with van der Waals surface area (Å²) in [5.74, 6) is 0.234. The molecule has 0 aliphatic heterocycles. The number of fused-ring (bicyclic) bond motifs is 1. The largest absolute Gasteiger partial charge is 0.286 e. The number of unbranched alkanes of at least 4 members (excludes halogenated alkanes) is 1. The van der Waals surface area contributed by atoms with E-state index in [4.69, 9.17) is 4.55 Å². The summed E-state index contributed by atoms with van der Waals surface area (Å²) in [4.78, 5) is 0. The monoisotopic (exact) mass is 292 g/mol. The maximum atomic E-state index is 10.7. The maximum absolute atomic E-state index is 10.7. The molecule has 0 aliphatic carbocycles. The van der Waals surface area contributed by atoms with Crippen molar-refractivity contribution in [2.24, 2.45) is 0 Å². The van der Waals surface area contributed by atoms with Gasteiger partial charge in [0.25, 0.3) is 10.1 Å². The Morgan fingerprint density at radius 2 is 1.75 bits per heavy atom. The van der Waals surface area contributed by atoms with Crippen molar-refractivity contribution < 1.29 is 13.0 Å². The van der Waals surface area contributed by atoms with Crippen molar-refractivity contribution in [1.29, 1.82) is 0 Å². The van der Waals surface area contributed by atoms with E-state index in [9.17, 15) is 8.42 Å². The van der Waals surface area contributed by atoms with Gasteiger partial charge in [0.1, 0.15) is 0 Å². The molecule has 20 heavy (non-hydrogen) atoms. The van der Waals surface area contributed by atoms with Gasteiger partial charge in [0, 0.05) is 0 Å². The van der Waals surface area contributed by atoms with Crippen LogP contribution in [0.1, 0.15) is 37.7 Å². The van der Waals surface area contributed by atoms with Crippen LogP contribution in [0.4, 0.5) is 0 Å². The van der Waals surface area contributed by atoms with Crippen molar-refractivity contribution >= 4 is 20.9 Å². The standard InChI is InChI=1S/C16H20O3S/c1-13(7-4-5-12-20(17,18)19)15-11-6-9-14-8-2-3-10-16(14)15/h2-3,6,8-11,13H,4-5,7,12H2,1H3,(H,17,18,19)/t13-/m1/s1. The zero-order valence-corrected chi connectivity index (χ0v) is 12.4. The van der Waals surface area contributed by atoms with Crippen LogP contribution < -0.4 is 0 Å². The van der Waals surface area contributed by atoms with Crippen LogP contribution >= 0.6 is 0 Å². The van der Waals surface area contributed by atoms with Gasteiger partial charge in [-0.3, -0.25) is 4.55 Å². The van der Waals surface area contributed by atoms with Gasteiger partial charge in [-0.15, -0.1) is 0 Å². The van der Waals surface area contributed by atoms with Crippen molar-refractivity contribution in [2.75, 3.05) is 5.75 Å². The molecule has 0 bridgehead atoms. The van der Waals surface area contributed by atoms with E-state index < -0.39 is 10.1 Å². The van der Waals surface area contributed by atoms with Crippen LogP contribution in [0.5, 0.6) is 0 Å². The van der Waals surface area contributed by atoms with Gasteiger partial charge in [0.15, 0.2) is 0 Å². The van der Waals surface area contributed by atoms with E-state index in [1.54, 1.807) is 0 Å². The molecule has 0 heterocycles. The van der Waals surface area contributed by atoms with Gasteiger partial charge in [0.2, 0.25) is 0 Å². The molecule has 2 aromatic rings. The second-order valence-electron chi connectivity index (χ2n) is 5.25. The molecule has 1 N–H and O–H groups in total. The third-order valence-electron chi connectivity index (χ3n) is 3.64. The van der Waals surface area contributed by atoms with Crippen molar-refractivity contribution in [2.45, 2.75) is 32.1 Å². The van der Waals surface area contributed by atoms with Gasteiger partial charge < -0.3 is 0 Å². The topological polar surface area (TPSA) is 54.4 Å². The molecule has 108 valence electrons. The number of hydrogen-bond donors (Lipinski definition) is 1. The lowest BCUT2D eigenvalue weighted by Gasteiger charge is -2.14. The van der Waals surface area contributed by atoms with E-state index in [1.165, 1.54) is 16.3 Å². The lowest BCUT2D eigenvalue weighted by Crippen LogP contribution is -2.04. The Bertz CT molecular complexity index is 672. The van der Waals surface area contributed by atoms with E-state index in [0.29, 0.717) is 12.3 Å². The van der Waals surface area contributed by atoms with Crippen LogP contribution in [0, 0.1) is 0 Å². The predicted octanol–water partition coefficient (Wildman–Crippen LogP) is 4.00. The molecule has 0 saturated heterocycles. The molecule has 0 fully saturated rings. The molecule has 0 spiro atoms. The van der Waals surface area contributed by atoms with Crippen molar-refractivity contribution in [3.05, 3.63) is 48.0 Å². The van der Waals surface area contributed by atoms with E-state index in [2.05, 4.69) is 37.3 Å². The Kier molecular flexibility index (Phi) is 4.78. The van der Waals surface area contributed by atoms with Gasteiger partial charge in [-0.05, 0) is 35.1 Å². The summed E-state index contributed by atoms with van der Waals surface area (Å²) in [6, 6.07) is 14.6. The van der Waals surface area contributed by atoms with E-state index in [1.807, 2.05) is 12.1 Å². The first-order chi connectivity index (χ1) is 9.47. The van der Waals surface area contributed by atoms with Gasteiger partial charge in [-0.25, -0.2) is 0 Å². The predicted molar refractivity (Wildman–Crippen MR) is 82.6 cm³/mol. The highest BCUT2D eigenvalue weighted by Crippen LogP contribution is 2.28. The first kappa shape index (κ1) is 15.0. The van der Waals surface area contributed by atoms with Crippen LogP contribution in [0.3, 0.4) is 0 Å². The molecule has 0 aliphatic rings. The molecular weight excluding hydrogens is 272 g/mol. The molecule has 0 unspecified atom stereocenters. The zero-order chi connectivity index (χ0) is 14.6. The smallest absolute Gasteiger partial charge is 0.264 e. The van der Waals surface area contributed by atoms with Crippen LogP contribution in [0.2, 0.25) is 0 Å².